The van der Waals surface area contributed by atoms with Gasteiger partial charge >= 0.3 is 0 Å². The minimum atomic E-state index is -3.80. The summed E-state index contributed by atoms with van der Waals surface area (Å²) in [5.74, 6) is -0.624. The fourth-order valence-corrected chi connectivity index (χ4v) is 3.96. The summed E-state index contributed by atoms with van der Waals surface area (Å²) in [7, 11) is -3.80. The number of sulfonamides is 1. The number of primary sulfonamides is 1. The van der Waals surface area contributed by atoms with E-state index in [0.717, 1.165) is 5.56 Å². The molecule has 11 heteroatoms. The number of nitrogens with zero attached hydrogens (tertiary/aromatic N) is 3. The number of benzene rings is 3. The molecule has 33 heavy (non-hydrogen) atoms. The summed E-state index contributed by atoms with van der Waals surface area (Å²) < 4.78 is 38.2. The highest BCUT2D eigenvalue weighted by Crippen LogP contribution is 2.39. The van der Waals surface area contributed by atoms with Gasteiger partial charge in [0.2, 0.25) is 21.0 Å². The first kappa shape index (κ1) is 22.5. The molecule has 3 aromatic carbocycles. The van der Waals surface area contributed by atoms with Crippen molar-refractivity contribution in [1.29, 1.82) is 0 Å². The molecule has 0 aliphatic heterocycles. The minimum absolute atomic E-state index is 0.0242. The van der Waals surface area contributed by atoms with Crippen LogP contribution in [-0.2, 0) is 16.6 Å². The van der Waals surface area contributed by atoms with E-state index in [1.807, 2.05) is 30.3 Å². The standard InChI is InChI=1S/C22H18FN5O3S2/c23-15-6-11-18-19(12-15)28(13-14-4-2-1-3-5-14)21(29)20(18)26-27-22(32)25-16-7-9-17(10-8-16)33(24,30)31/h1-12,29H,13H2,(H,25,32)(H2,24,30,31). The average Bonchev–Trinajstić information content (AvgIpc) is 3.03. The number of rotatable bonds is 5. The molecule has 0 bridgehead atoms. The number of nitrogens with two attached hydrogens (primary N) is 1. The third kappa shape index (κ3) is 5.06. The Labute approximate surface area is 194 Å². The number of fused-ring (bicyclic) bond motifs is 1. The van der Waals surface area contributed by atoms with Crippen molar-refractivity contribution in [2.75, 3.05) is 5.32 Å². The second kappa shape index (κ2) is 9.06. The topological polar surface area (TPSA) is 122 Å². The lowest BCUT2D eigenvalue weighted by atomic mass is 10.2. The van der Waals surface area contributed by atoms with Crippen molar-refractivity contribution in [3.8, 4) is 5.88 Å². The van der Waals surface area contributed by atoms with Crippen LogP contribution in [0.5, 0.6) is 5.88 Å². The van der Waals surface area contributed by atoms with Gasteiger partial charge in [0.25, 0.3) is 0 Å². The maximum absolute atomic E-state index is 13.9. The van der Waals surface area contributed by atoms with Crippen LogP contribution in [0.2, 0.25) is 0 Å². The van der Waals surface area contributed by atoms with Gasteiger partial charge < -0.3 is 15.0 Å². The molecule has 4 rings (SSSR count). The number of thiocarbonyl (C=S) groups is 1. The summed E-state index contributed by atoms with van der Waals surface area (Å²) in [5, 5.41) is 27.2. The molecule has 0 radical (unpaired) electrons. The molecule has 1 aromatic heterocycles. The molecule has 0 saturated heterocycles. The smallest absolute Gasteiger partial charge is 0.238 e. The normalized spacial score (nSPS) is 11.8. The number of aromatic hydroxyl groups is 1. The summed E-state index contributed by atoms with van der Waals surface area (Å²) in [5.41, 5.74) is 2.00. The largest absolute Gasteiger partial charge is 0.493 e. The number of nitrogens with one attached hydrogen (secondary N) is 1. The number of azo groups is 1. The Bertz CT molecular complexity index is 1470. The predicted molar refractivity (Wildman–Crippen MR) is 128 cm³/mol. The van der Waals surface area contributed by atoms with Gasteiger partial charge in [-0.15, -0.1) is 10.2 Å². The highest BCUT2D eigenvalue weighted by molar-refractivity contribution is 7.89. The molecular formula is C22H18FN5O3S2. The predicted octanol–water partition coefficient (Wildman–Crippen LogP) is 4.66. The van der Waals surface area contributed by atoms with E-state index in [2.05, 4.69) is 15.5 Å². The lowest BCUT2D eigenvalue weighted by molar-refractivity contribution is 0.429. The number of hydrogen-bond donors (Lipinski definition) is 3. The molecule has 0 unspecified atom stereocenters. The highest BCUT2D eigenvalue weighted by atomic mass is 32.2. The van der Waals surface area contributed by atoms with E-state index in [4.69, 9.17) is 17.4 Å². The molecule has 4 aromatic rings. The Kier molecular flexibility index (Phi) is 6.18. The van der Waals surface area contributed by atoms with Crippen LogP contribution in [0, 0.1) is 5.82 Å². The number of anilines is 1. The van der Waals surface area contributed by atoms with Gasteiger partial charge in [-0.05, 0) is 60.2 Å². The van der Waals surface area contributed by atoms with Crippen molar-refractivity contribution >= 4 is 49.6 Å². The van der Waals surface area contributed by atoms with Crippen LogP contribution >= 0.6 is 12.2 Å². The zero-order chi connectivity index (χ0) is 23.6. The molecule has 0 aliphatic carbocycles. The lowest BCUT2D eigenvalue weighted by Gasteiger charge is -2.07. The van der Waals surface area contributed by atoms with E-state index in [1.54, 1.807) is 4.57 Å². The molecule has 0 saturated carbocycles. The number of hydrogen-bond acceptors (Lipinski definition) is 5. The van der Waals surface area contributed by atoms with Crippen LogP contribution in [0.3, 0.4) is 0 Å². The van der Waals surface area contributed by atoms with Crippen molar-refractivity contribution < 1.29 is 17.9 Å². The molecule has 168 valence electrons. The van der Waals surface area contributed by atoms with E-state index in [-0.39, 0.29) is 21.6 Å². The van der Waals surface area contributed by atoms with E-state index in [9.17, 15) is 17.9 Å². The Morgan fingerprint density at radius 1 is 1.09 bits per heavy atom. The summed E-state index contributed by atoms with van der Waals surface area (Å²) in [6, 6.07) is 19.1. The molecule has 0 aliphatic rings. The Hall–Kier alpha value is -3.67. The zero-order valence-corrected chi connectivity index (χ0v) is 18.6. The monoisotopic (exact) mass is 483 g/mol. The second-order valence-electron chi connectivity index (χ2n) is 7.10. The minimum Gasteiger partial charge on any atom is -0.493 e. The Morgan fingerprint density at radius 3 is 2.45 bits per heavy atom. The number of aromatic nitrogens is 1. The Balaban J connectivity index is 1.61. The fourth-order valence-electron chi connectivity index (χ4n) is 3.29. The van der Waals surface area contributed by atoms with Gasteiger partial charge in [-0.2, -0.15) is 0 Å². The van der Waals surface area contributed by atoms with Crippen LogP contribution in [-0.4, -0.2) is 23.2 Å². The molecule has 8 nitrogen and oxygen atoms in total. The van der Waals surface area contributed by atoms with Crippen LogP contribution < -0.4 is 10.5 Å². The third-order valence-corrected chi connectivity index (χ3v) is 5.94. The van der Waals surface area contributed by atoms with Crippen molar-refractivity contribution in [2.45, 2.75) is 11.4 Å². The van der Waals surface area contributed by atoms with Gasteiger partial charge in [0.1, 0.15) is 5.82 Å². The fraction of sp³-hybridized carbons (Fsp3) is 0.0455. The SMILES string of the molecule is NS(=O)(=O)c1ccc(NC(=S)N=Nc2c(O)n(Cc3ccccc3)c3cc(F)ccc23)cc1. The van der Waals surface area contributed by atoms with E-state index < -0.39 is 15.8 Å². The van der Waals surface area contributed by atoms with Crippen molar-refractivity contribution in [1.82, 2.24) is 4.57 Å². The van der Waals surface area contributed by atoms with Crippen LogP contribution in [0.4, 0.5) is 15.8 Å². The second-order valence-corrected chi connectivity index (χ2v) is 9.05. The van der Waals surface area contributed by atoms with Gasteiger partial charge in [0, 0.05) is 11.1 Å². The lowest BCUT2D eigenvalue weighted by Crippen LogP contribution is -2.12. The van der Waals surface area contributed by atoms with Gasteiger partial charge in [0.05, 0.1) is 17.0 Å². The highest BCUT2D eigenvalue weighted by Gasteiger charge is 2.18. The summed E-state index contributed by atoms with van der Waals surface area (Å²) in [6.45, 7) is 0.307. The van der Waals surface area contributed by atoms with Crippen molar-refractivity contribution in [3.63, 3.8) is 0 Å². The van der Waals surface area contributed by atoms with Crippen LogP contribution in [0.1, 0.15) is 5.56 Å². The van der Waals surface area contributed by atoms with Crippen molar-refractivity contribution in [2.24, 2.45) is 15.4 Å². The maximum Gasteiger partial charge on any atom is 0.238 e. The molecule has 4 N–H and O–H groups in total. The third-order valence-electron chi connectivity index (χ3n) is 4.83. The van der Waals surface area contributed by atoms with Gasteiger partial charge in [-0.25, -0.2) is 17.9 Å². The van der Waals surface area contributed by atoms with Gasteiger partial charge in [-0.1, -0.05) is 30.3 Å². The average molecular weight is 484 g/mol. The first-order chi connectivity index (χ1) is 15.7. The van der Waals surface area contributed by atoms with Gasteiger partial charge in [-0.3, -0.25) is 0 Å². The first-order valence-electron chi connectivity index (χ1n) is 9.62. The van der Waals surface area contributed by atoms with Crippen molar-refractivity contribution in [3.05, 3.63) is 84.2 Å². The summed E-state index contributed by atoms with van der Waals surface area (Å²) in [4.78, 5) is -0.0380. The van der Waals surface area contributed by atoms with E-state index in [1.165, 1.54) is 42.5 Å². The number of halogens is 1. The molecule has 0 spiro atoms. The first-order valence-corrected chi connectivity index (χ1v) is 11.6. The van der Waals surface area contributed by atoms with Crippen LogP contribution in [0.15, 0.2) is 87.9 Å². The molecule has 1 heterocycles. The molecular weight excluding hydrogens is 465 g/mol. The maximum atomic E-state index is 13.9. The molecule has 0 fully saturated rings. The van der Waals surface area contributed by atoms with Gasteiger partial charge in [0.15, 0.2) is 5.69 Å². The zero-order valence-electron chi connectivity index (χ0n) is 17.0. The van der Waals surface area contributed by atoms with E-state index in [0.29, 0.717) is 23.1 Å². The van der Waals surface area contributed by atoms with E-state index >= 15 is 0 Å². The van der Waals surface area contributed by atoms with Crippen LogP contribution in [0.25, 0.3) is 10.9 Å². The Morgan fingerprint density at radius 2 is 1.79 bits per heavy atom. The molecule has 0 atom stereocenters. The summed E-state index contributed by atoms with van der Waals surface area (Å²) in [6.07, 6.45) is 0. The molecule has 0 amide bonds. The summed E-state index contributed by atoms with van der Waals surface area (Å²) >= 11 is 5.18. The quantitative estimate of drug-likeness (QED) is 0.281.